The topological polar surface area (TPSA) is 82.4 Å². The van der Waals surface area contributed by atoms with Crippen LogP contribution in [0.5, 0.6) is 5.75 Å². The van der Waals surface area contributed by atoms with Crippen LogP contribution in [-0.4, -0.2) is 75.1 Å². The van der Waals surface area contributed by atoms with Crippen LogP contribution in [0.4, 0.5) is 10.5 Å². The van der Waals surface area contributed by atoms with Gasteiger partial charge in [0.2, 0.25) is 0 Å². The van der Waals surface area contributed by atoms with E-state index in [1.54, 1.807) is 4.57 Å². The van der Waals surface area contributed by atoms with Crippen molar-refractivity contribution in [3.05, 3.63) is 36.4 Å². The summed E-state index contributed by atoms with van der Waals surface area (Å²) in [5, 5.41) is 10.6. The van der Waals surface area contributed by atoms with Crippen molar-refractivity contribution >= 4 is 33.6 Å². The predicted molar refractivity (Wildman–Crippen MR) is 130 cm³/mol. The van der Waals surface area contributed by atoms with Crippen LogP contribution in [0.15, 0.2) is 36.4 Å². The van der Waals surface area contributed by atoms with Gasteiger partial charge in [-0.2, -0.15) is 0 Å². The van der Waals surface area contributed by atoms with Crippen LogP contribution in [0.25, 0.3) is 21.8 Å². The Morgan fingerprint density at radius 2 is 1.52 bits per heavy atom. The fraction of sp³-hybridized carbons (Fsp3) is 0.480. The third-order valence-corrected chi connectivity index (χ3v) is 4.92. The van der Waals surface area contributed by atoms with Gasteiger partial charge in [0.25, 0.3) is 0 Å². The molecule has 0 radical (unpaired) electrons. The lowest BCUT2D eigenvalue weighted by molar-refractivity contribution is 0.0247. The molecule has 8 heteroatoms. The van der Waals surface area contributed by atoms with Crippen LogP contribution in [-0.2, 0) is 14.2 Å². The van der Waals surface area contributed by atoms with Crippen LogP contribution < -0.4 is 9.64 Å². The summed E-state index contributed by atoms with van der Waals surface area (Å²) in [6, 6.07) is 11.8. The Kier molecular flexibility index (Phi) is 8.18. The number of aliphatic hydroxyl groups excluding tert-OH is 1. The largest absolute Gasteiger partial charge is 0.491 e. The molecule has 3 aromatic rings. The standard InChI is InChI=1S/C25H34N2O6/c1-25(2,3)33-24(29)27-22-16-18(26(4)5)6-8-20(22)21-9-7-19(17-23(21)27)32-15-14-31-13-12-30-11-10-28/h6-9,16-17,28H,10-15H2,1-5H3. The van der Waals surface area contributed by atoms with Crippen molar-refractivity contribution in [1.29, 1.82) is 0 Å². The monoisotopic (exact) mass is 458 g/mol. The number of carbonyl (C=O) groups excluding carboxylic acids is 1. The minimum Gasteiger partial charge on any atom is -0.491 e. The van der Waals surface area contributed by atoms with E-state index in [0.29, 0.717) is 38.8 Å². The Bertz CT molecular complexity index is 1080. The van der Waals surface area contributed by atoms with Crippen LogP contribution >= 0.6 is 0 Å². The molecule has 0 unspecified atom stereocenters. The molecular weight excluding hydrogens is 424 g/mol. The van der Waals surface area contributed by atoms with Gasteiger partial charge in [0, 0.05) is 36.6 Å². The summed E-state index contributed by atoms with van der Waals surface area (Å²) in [5.41, 5.74) is 1.89. The van der Waals surface area contributed by atoms with Crippen molar-refractivity contribution < 1.29 is 28.8 Å². The van der Waals surface area contributed by atoms with Gasteiger partial charge >= 0.3 is 6.09 Å². The number of nitrogens with zero attached hydrogens (tertiary/aromatic N) is 2. The van der Waals surface area contributed by atoms with Gasteiger partial charge in [0.05, 0.1) is 44.1 Å². The van der Waals surface area contributed by atoms with E-state index < -0.39 is 11.7 Å². The number of hydrogen-bond acceptors (Lipinski definition) is 7. The lowest BCUT2D eigenvalue weighted by atomic mass is 10.1. The van der Waals surface area contributed by atoms with Crippen molar-refractivity contribution in [1.82, 2.24) is 4.57 Å². The maximum absolute atomic E-state index is 13.2. The van der Waals surface area contributed by atoms with Crippen LogP contribution in [0, 0.1) is 0 Å². The van der Waals surface area contributed by atoms with E-state index in [4.69, 9.17) is 24.1 Å². The fourth-order valence-electron chi connectivity index (χ4n) is 3.46. The van der Waals surface area contributed by atoms with Crippen molar-refractivity contribution in [3.63, 3.8) is 0 Å². The number of aromatic nitrogens is 1. The average Bonchev–Trinajstić information content (AvgIpc) is 3.07. The third-order valence-electron chi connectivity index (χ3n) is 4.92. The zero-order valence-corrected chi connectivity index (χ0v) is 20.1. The first-order valence-corrected chi connectivity index (χ1v) is 11.1. The van der Waals surface area contributed by atoms with Gasteiger partial charge in [-0.3, -0.25) is 0 Å². The molecule has 0 aliphatic heterocycles. The minimum atomic E-state index is -0.620. The Labute approximate surface area is 194 Å². The number of carbonyl (C=O) groups is 1. The zero-order valence-electron chi connectivity index (χ0n) is 20.1. The number of fused-ring (bicyclic) bond motifs is 3. The normalized spacial score (nSPS) is 11.8. The van der Waals surface area contributed by atoms with Crippen LogP contribution in [0.3, 0.4) is 0 Å². The molecule has 0 bridgehead atoms. The van der Waals surface area contributed by atoms with E-state index in [-0.39, 0.29) is 6.61 Å². The van der Waals surface area contributed by atoms with E-state index in [1.807, 2.05) is 76.2 Å². The molecule has 0 fully saturated rings. The Hall–Kier alpha value is -2.81. The number of ether oxygens (including phenoxy) is 4. The van der Waals surface area contributed by atoms with Gasteiger partial charge in [-0.05, 0) is 45.0 Å². The number of hydrogen-bond donors (Lipinski definition) is 1. The molecule has 1 aromatic heterocycles. The first kappa shape index (κ1) is 24.8. The highest BCUT2D eigenvalue weighted by molar-refractivity contribution is 6.13. The molecule has 0 spiro atoms. The molecule has 8 nitrogen and oxygen atoms in total. The van der Waals surface area contributed by atoms with Crippen molar-refractivity contribution in [3.8, 4) is 5.75 Å². The molecule has 180 valence electrons. The second-order valence-electron chi connectivity index (χ2n) is 8.89. The second-order valence-corrected chi connectivity index (χ2v) is 8.89. The third kappa shape index (κ3) is 6.37. The van der Waals surface area contributed by atoms with Crippen molar-refractivity contribution in [2.24, 2.45) is 0 Å². The lowest BCUT2D eigenvalue weighted by Crippen LogP contribution is -2.27. The molecule has 0 saturated carbocycles. The molecule has 0 saturated heterocycles. The highest BCUT2D eigenvalue weighted by Crippen LogP contribution is 2.34. The molecular formula is C25H34N2O6. The molecule has 0 aliphatic rings. The first-order chi connectivity index (χ1) is 15.7. The van der Waals surface area contributed by atoms with E-state index in [2.05, 4.69) is 0 Å². The molecule has 33 heavy (non-hydrogen) atoms. The molecule has 3 rings (SSSR count). The Morgan fingerprint density at radius 3 is 2.15 bits per heavy atom. The van der Waals surface area contributed by atoms with E-state index >= 15 is 0 Å². The molecule has 0 aliphatic carbocycles. The fourth-order valence-corrected chi connectivity index (χ4v) is 3.46. The quantitative estimate of drug-likeness (QED) is 0.459. The van der Waals surface area contributed by atoms with Gasteiger partial charge in [-0.15, -0.1) is 0 Å². The van der Waals surface area contributed by atoms with Crippen LogP contribution in [0.1, 0.15) is 20.8 Å². The highest BCUT2D eigenvalue weighted by Gasteiger charge is 2.23. The van der Waals surface area contributed by atoms with Crippen molar-refractivity contribution in [2.75, 3.05) is 58.6 Å². The summed E-state index contributed by atoms with van der Waals surface area (Å²) < 4.78 is 23.8. The van der Waals surface area contributed by atoms with Gasteiger partial charge < -0.3 is 29.0 Å². The maximum Gasteiger partial charge on any atom is 0.419 e. The first-order valence-electron chi connectivity index (χ1n) is 11.1. The van der Waals surface area contributed by atoms with Gasteiger partial charge in [0.1, 0.15) is 18.0 Å². The number of rotatable bonds is 10. The molecule has 0 amide bonds. The summed E-state index contributed by atoms with van der Waals surface area (Å²) in [6.45, 7) is 7.50. The molecule has 1 heterocycles. The lowest BCUT2D eigenvalue weighted by Gasteiger charge is -2.20. The summed E-state index contributed by atoms with van der Waals surface area (Å²) in [5.74, 6) is 0.642. The van der Waals surface area contributed by atoms with Crippen LogP contribution in [0.2, 0.25) is 0 Å². The SMILES string of the molecule is CN(C)c1ccc2c3ccc(OCCOCCOCCO)cc3n(C(=O)OC(C)(C)C)c2c1. The summed E-state index contributed by atoms with van der Waals surface area (Å²) in [6.07, 6.45) is -0.429. The predicted octanol–water partition coefficient (Wildman–Crippen LogP) is 4.05. The van der Waals surface area contributed by atoms with Gasteiger partial charge in [-0.1, -0.05) is 6.07 Å². The van der Waals surface area contributed by atoms with Crippen molar-refractivity contribution in [2.45, 2.75) is 26.4 Å². The highest BCUT2D eigenvalue weighted by atomic mass is 16.6. The number of aliphatic hydroxyl groups is 1. The molecule has 0 atom stereocenters. The Morgan fingerprint density at radius 1 is 0.909 bits per heavy atom. The van der Waals surface area contributed by atoms with E-state index in [0.717, 1.165) is 27.5 Å². The molecule has 2 aromatic carbocycles. The second kappa shape index (κ2) is 10.9. The smallest absolute Gasteiger partial charge is 0.419 e. The number of benzene rings is 2. The molecule has 1 N–H and O–H groups in total. The maximum atomic E-state index is 13.2. The summed E-state index contributed by atoms with van der Waals surface area (Å²) in [7, 11) is 3.93. The zero-order chi connectivity index (χ0) is 24.0. The summed E-state index contributed by atoms with van der Waals surface area (Å²) >= 11 is 0. The summed E-state index contributed by atoms with van der Waals surface area (Å²) in [4.78, 5) is 15.2. The number of anilines is 1. The van der Waals surface area contributed by atoms with Gasteiger partial charge in [-0.25, -0.2) is 9.36 Å². The van der Waals surface area contributed by atoms with E-state index in [1.165, 1.54) is 0 Å². The minimum absolute atomic E-state index is 0.00206. The average molecular weight is 459 g/mol. The van der Waals surface area contributed by atoms with E-state index in [9.17, 15) is 4.79 Å². The Balaban J connectivity index is 1.85. The van der Waals surface area contributed by atoms with Gasteiger partial charge in [0.15, 0.2) is 0 Å².